The van der Waals surface area contributed by atoms with Gasteiger partial charge in [0.05, 0.1) is 5.69 Å². The van der Waals surface area contributed by atoms with Crippen molar-refractivity contribution in [2.75, 3.05) is 5.73 Å². The van der Waals surface area contributed by atoms with E-state index < -0.39 is 5.82 Å². The van der Waals surface area contributed by atoms with Gasteiger partial charge in [-0.2, -0.15) is 4.52 Å². The van der Waals surface area contributed by atoms with Crippen LogP contribution in [0.4, 0.5) is 21.6 Å². The van der Waals surface area contributed by atoms with Crippen LogP contribution in [0.25, 0.3) is 5.65 Å². The zero-order valence-corrected chi connectivity index (χ0v) is 12.1. The van der Waals surface area contributed by atoms with Crippen LogP contribution in [0.2, 0.25) is 0 Å². The third kappa shape index (κ3) is 2.10. The number of nitrogen functional groups attached to an aromatic ring is 1. The highest BCUT2D eigenvalue weighted by molar-refractivity contribution is 5.75. The van der Waals surface area contributed by atoms with Crippen LogP contribution in [-0.4, -0.2) is 14.6 Å². The molecule has 3 N–H and O–H groups in total. The van der Waals surface area contributed by atoms with E-state index in [1.165, 1.54) is 16.6 Å². The van der Waals surface area contributed by atoms with Crippen molar-refractivity contribution in [2.45, 2.75) is 19.3 Å². The van der Waals surface area contributed by atoms with Gasteiger partial charge in [-0.15, -0.1) is 10.2 Å². The van der Waals surface area contributed by atoms with Crippen molar-refractivity contribution in [1.29, 1.82) is 0 Å². The van der Waals surface area contributed by atoms with Crippen LogP contribution in [-0.2, 0) is 12.8 Å². The predicted molar refractivity (Wildman–Crippen MR) is 82.8 cm³/mol. The number of hydrogen-bond donors (Lipinski definition) is 2. The standard InChI is InChI=1S/C15H13FN6O/c16-9-5-1-2-6-11(9)19-20-12-13(17)21-22-14(12)18-10-7-3-4-8(10)15(22)23/h1-2,5-6,21H,3-4,7,17H2. The Hall–Kier alpha value is -3.03. The lowest BCUT2D eigenvalue weighted by molar-refractivity contribution is 0.628. The zero-order chi connectivity index (χ0) is 16.0. The number of hydrogen-bond acceptors (Lipinski definition) is 5. The molecule has 0 radical (unpaired) electrons. The number of nitrogens with zero attached hydrogens (tertiary/aromatic N) is 4. The van der Waals surface area contributed by atoms with Gasteiger partial charge in [0.25, 0.3) is 5.56 Å². The third-order valence-electron chi connectivity index (χ3n) is 3.91. The first-order chi connectivity index (χ1) is 11.1. The molecule has 7 nitrogen and oxygen atoms in total. The number of benzene rings is 1. The van der Waals surface area contributed by atoms with Crippen LogP contribution in [0.5, 0.6) is 0 Å². The number of fused-ring (bicyclic) bond motifs is 2. The Bertz CT molecular complexity index is 1000. The van der Waals surface area contributed by atoms with E-state index in [-0.39, 0.29) is 22.8 Å². The molecule has 1 aliphatic rings. The molecular formula is C15H13FN6O. The molecular weight excluding hydrogens is 299 g/mol. The maximum Gasteiger partial charge on any atom is 0.276 e. The summed E-state index contributed by atoms with van der Waals surface area (Å²) < 4.78 is 14.9. The number of nitrogens with one attached hydrogen (secondary N) is 1. The van der Waals surface area contributed by atoms with Gasteiger partial charge >= 0.3 is 0 Å². The highest BCUT2D eigenvalue weighted by Crippen LogP contribution is 2.29. The number of aromatic amines is 1. The van der Waals surface area contributed by atoms with E-state index in [9.17, 15) is 9.18 Å². The van der Waals surface area contributed by atoms with Crippen molar-refractivity contribution in [3.8, 4) is 0 Å². The van der Waals surface area contributed by atoms with Crippen LogP contribution >= 0.6 is 0 Å². The zero-order valence-electron chi connectivity index (χ0n) is 12.1. The lowest BCUT2D eigenvalue weighted by Gasteiger charge is -1.99. The minimum atomic E-state index is -0.485. The maximum absolute atomic E-state index is 13.6. The predicted octanol–water partition coefficient (Wildman–Crippen LogP) is 2.65. The molecule has 116 valence electrons. The largest absolute Gasteiger partial charge is 0.382 e. The minimum Gasteiger partial charge on any atom is -0.382 e. The number of rotatable bonds is 2. The number of aryl methyl sites for hydroxylation is 1. The lowest BCUT2D eigenvalue weighted by atomic mass is 10.2. The molecule has 4 rings (SSSR count). The van der Waals surface area contributed by atoms with Crippen LogP contribution in [0.3, 0.4) is 0 Å². The van der Waals surface area contributed by atoms with Gasteiger partial charge in [-0.3, -0.25) is 9.89 Å². The average Bonchev–Trinajstić information content (AvgIpc) is 3.12. The van der Waals surface area contributed by atoms with E-state index in [4.69, 9.17) is 5.73 Å². The second-order valence-corrected chi connectivity index (χ2v) is 5.38. The van der Waals surface area contributed by atoms with Crippen molar-refractivity contribution in [1.82, 2.24) is 14.6 Å². The Morgan fingerprint density at radius 2 is 2.09 bits per heavy atom. The molecule has 0 atom stereocenters. The van der Waals surface area contributed by atoms with E-state index in [0.29, 0.717) is 11.2 Å². The van der Waals surface area contributed by atoms with E-state index in [2.05, 4.69) is 20.3 Å². The van der Waals surface area contributed by atoms with Gasteiger partial charge in [0, 0.05) is 5.56 Å². The quantitative estimate of drug-likeness (QED) is 0.711. The molecule has 1 aromatic carbocycles. The van der Waals surface area contributed by atoms with E-state index in [1.807, 2.05) is 0 Å². The molecule has 0 spiro atoms. The van der Waals surface area contributed by atoms with Gasteiger partial charge in [0.2, 0.25) is 0 Å². The summed E-state index contributed by atoms with van der Waals surface area (Å²) in [6.45, 7) is 0. The highest BCUT2D eigenvalue weighted by Gasteiger charge is 2.21. The summed E-state index contributed by atoms with van der Waals surface area (Å²) in [5, 5.41) is 10.6. The fourth-order valence-corrected chi connectivity index (χ4v) is 2.78. The third-order valence-corrected chi connectivity index (χ3v) is 3.91. The molecule has 2 heterocycles. The summed E-state index contributed by atoms with van der Waals surface area (Å²) in [6, 6.07) is 6.02. The summed E-state index contributed by atoms with van der Waals surface area (Å²) in [5.74, 6) is -0.320. The number of H-pyrrole nitrogens is 1. The van der Waals surface area contributed by atoms with Crippen LogP contribution in [0.1, 0.15) is 17.7 Å². The van der Waals surface area contributed by atoms with Crippen LogP contribution in [0.15, 0.2) is 39.3 Å². The molecule has 0 aliphatic heterocycles. The number of azo groups is 1. The number of anilines is 1. The van der Waals surface area contributed by atoms with Crippen LogP contribution in [0, 0.1) is 5.82 Å². The maximum atomic E-state index is 13.6. The summed E-state index contributed by atoms with van der Waals surface area (Å²) in [4.78, 5) is 16.9. The molecule has 2 aromatic heterocycles. The van der Waals surface area contributed by atoms with Gasteiger partial charge < -0.3 is 5.73 Å². The molecule has 0 fully saturated rings. The average molecular weight is 312 g/mol. The van der Waals surface area contributed by atoms with Crippen molar-refractivity contribution >= 4 is 22.8 Å². The second-order valence-electron chi connectivity index (χ2n) is 5.38. The summed E-state index contributed by atoms with van der Waals surface area (Å²) >= 11 is 0. The Labute approximate surface area is 129 Å². The fraction of sp³-hybridized carbons (Fsp3) is 0.200. The van der Waals surface area contributed by atoms with Gasteiger partial charge in [-0.05, 0) is 31.4 Å². The molecule has 0 saturated carbocycles. The summed E-state index contributed by atoms with van der Waals surface area (Å²) in [7, 11) is 0. The van der Waals surface area contributed by atoms with E-state index >= 15 is 0 Å². The van der Waals surface area contributed by atoms with Gasteiger partial charge in [0.1, 0.15) is 11.5 Å². The first-order valence-corrected chi connectivity index (χ1v) is 7.23. The van der Waals surface area contributed by atoms with E-state index in [1.54, 1.807) is 12.1 Å². The smallest absolute Gasteiger partial charge is 0.276 e. The summed E-state index contributed by atoms with van der Waals surface area (Å²) in [5.41, 5.74) is 7.84. The fourth-order valence-electron chi connectivity index (χ4n) is 2.78. The second kappa shape index (κ2) is 5.01. The Morgan fingerprint density at radius 3 is 2.91 bits per heavy atom. The summed E-state index contributed by atoms with van der Waals surface area (Å²) in [6.07, 6.45) is 2.39. The van der Waals surface area contributed by atoms with Crippen molar-refractivity contribution in [3.63, 3.8) is 0 Å². The van der Waals surface area contributed by atoms with Crippen LogP contribution < -0.4 is 11.3 Å². The number of nitrogens with two attached hydrogens (primary N) is 1. The molecule has 0 amide bonds. The van der Waals surface area contributed by atoms with E-state index in [0.717, 1.165) is 25.0 Å². The van der Waals surface area contributed by atoms with Crippen molar-refractivity contribution < 1.29 is 4.39 Å². The molecule has 0 bridgehead atoms. The van der Waals surface area contributed by atoms with Gasteiger partial charge in [-0.25, -0.2) is 9.37 Å². The minimum absolute atomic E-state index is 0.0924. The number of halogens is 1. The topological polar surface area (TPSA) is 101 Å². The SMILES string of the molecule is Nc1[nH]n2c(=O)c3c(nc2c1N=Nc1ccccc1F)CCC3. The Kier molecular flexibility index (Phi) is 2.97. The van der Waals surface area contributed by atoms with Crippen molar-refractivity contribution in [2.24, 2.45) is 10.2 Å². The van der Waals surface area contributed by atoms with Gasteiger partial charge in [0.15, 0.2) is 17.2 Å². The first kappa shape index (κ1) is 13.6. The van der Waals surface area contributed by atoms with Crippen molar-refractivity contribution in [3.05, 3.63) is 51.7 Å². The Balaban J connectivity index is 1.88. The molecule has 23 heavy (non-hydrogen) atoms. The molecule has 1 aliphatic carbocycles. The highest BCUT2D eigenvalue weighted by atomic mass is 19.1. The normalized spacial score (nSPS) is 14.0. The molecule has 0 unspecified atom stereocenters. The van der Waals surface area contributed by atoms with Gasteiger partial charge in [-0.1, -0.05) is 12.1 Å². The monoisotopic (exact) mass is 312 g/mol. The molecule has 0 saturated heterocycles. The first-order valence-electron chi connectivity index (χ1n) is 7.23. The lowest BCUT2D eigenvalue weighted by Crippen LogP contribution is -2.20. The number of aromatic nitrogens is 3. The molecule has 8 heteroatoms. The molecule has 3 aromatic rings. The Morgan fingerprint density at radius 1 is 1.26 bits per heavy atom.